The van der Waals surface area contributed by atoms with Crippen LogP contribution in [0.2, 0.25) is 0 Å². The molecule has 0 saturated carbocycles. The smallest absolute Gasteiger partial charge is 0.306 e. The number of hydrogen-bond donors (Lipinski definition) is 0. The molecule has 1 unspecified atom stereocenters. The molecule has 356 valence electrons. The van der Waals surface area contributed by atoms with Gasteiger partial charge in [0, 0.05) is 19.3 Å². The lowest BCUT2D eigenvalue weighted by atomic mass is 10.1. The third-order valence-corrected chi connectivity index (χ3v) is 9.55. The summed E-state index contributed by atoms with van der Waals surface area (Å²) in [5.41, 5.74) is 0. The number of hydrogen-bond acceptors (Lipinski definition) is 6. The van der Waals surface area contributed by atoms with E-state index < -0.39 is 12.1 Å². The van der Waals surface area contributed by atoms with Crippen LogP contribution >= 0.6 is 0 Å². The molecule has 0 bridgehead atoms. The topological polar surface area (TPSA) is 78.9 Å². The van der Waals surface area contributed by atoms with E-state index in [-0.39, 0.29) is 38.0 Å². The van der Waals surface area contributed by atoms with E-state index >= 15 is 0 Å². The molecule has 0 aliphatic heterocycles. The van der Waals surface area contributed by atoms with Crippen LogP contribution in [0.25, 0.3) is 0 Å². The Morgan fingerprint density at radius 3 is 1.11 bits per heavy atom. The monoisotopic (exact) mass is 881 g/mol. The molecule has 0 aromatic carbocycles. The summed E-state index contributed by atoms with van der Waals surface area (Å²) in [5.74, 6) is -1.11. The minimum atomic E-state index is -0.847. The molecule has 0 radical (unpaired) electrons. The Labute approximate surface area is 391 Å². The zero-order valence-corrected chi connectivity index (χ0v) is 40.5. The molecule has 0 aromatic rings. The van der Waals surface area contributed by atoms with Crippen molar-refractivity contribution < 1.29 is 28.6 Å². The molecule has 0 aromatic heterocycles. The molecule has 0 rings (SSSR count). The fraction of sp³-hybridized carbons (Fsp3) is 0.534. The van der Waals surface area contributed by atoms with Gasteiger partial charge in [0.2, 0.25) is 0 Å². The van der Waals surface area contributed by atoms with E-state index in [2.05, 4.69) is 154 Å². The molecule has 64 heavy (non-hydrogen) atoms. The second-order valence-corrected chi connectivity index (χ2v) is 15.6. The summed E-state index contributed by atoms with van der Waals surface area (Å²) in [7, 11) is 0. The Bertz CT molecular complexity index is 1480. The molecule has 0 fully saturated rings. The molecule has 0 saturated heterocycles. The summed E-state index contributed by atoms with van der Waals surface area (Å²) in [4.78, 5) is 37.8. The Kier molecular flexibility index (Phi) is 47.2. The van der Waals surface area contributed by atoms with Crippen molar-refractivity contribution in [2.75, 3.05) is 13.2 Å². The molecule has 0 heterocycles. The number of unbranched alkanes of at least 4 members (excludes halogenated alkanes) is 7. The third-order valence-electron chi connectivity index (χ3n) is 9.55. The molecular formula is C58H88O6. The summed E-state index contributed by atoms with van der Waals surface area (Å²) in [6.07, 6.45) is 72.8. The van der Waals surface area contributed by atoms with Gasteiger partial charge >= 0.3 is 17.9 Å². The number of allylic oxidation sites excluding steroid dienone is 24. The number of rotatable bonds is 42. The zero-order chi connectivity index (χ0) is 46.5. The average molecular weight is 881 g/mol. The van der Waals surface area contributed by atoms with Crippen molar-refractivity contribution in [1.29, 1.82) is 0 Å². The summed E-state index contributed by atoms with van der Waals surface area (Å²) in [6.45, 7) is 6.19. The highest BCUT2D eigenvalue weighted by Crippen LogP contribution is 2.11. The Balaban J connectivity index is 4.61. The lowest BCUT2D eigenvalue weighted by molar-refractivity contribution is -0.166. The van der Waals surface area contributed by atoms with Crippen LogP contribution in [-0.4, -0.2) is 37.2 Å². The highest BCUT2D eigenvalue weighted by Gasteiger charge is 2.19. The predicted molar refractivity (Wildman–Crippen MR) is 274 cm³/mol. The van der Waals surface area contributed by atoms with E-state index in [0.717, 1.165) is 116 Å². The van der Waals surface area contributed by atoms with Crippen molar-refractivity contribution in [3.8, 4) is 0 Å². The molecule has 0 amide bonds. The summed E-state index contributed by atoms with van der Waals surface area (Å²) in [6, 6.07) is 0. The molecular weight excluding hydrogens is 793 g/mol. The minimum absolute atomic E-state index is 0.135. The SMILES string of the molecule is CC/C=C\C/C=C\C/C=C\C/C=C\C/C=C\C/C=C\CCC(=O)OCC(COC(=O)CCCCCCC/C=C\CCC)OC(=O)CCC/C=C\C/C=C\C/C=C\C/C=C\C/C=C\CC. The maximum Gasteiger partial charge on any atom is 0.306 e. The fourth-order valence-corrected chi connectivity index (χ4v) is 5.91. The second kappa shape index (κ2) is 50.9. The summed E-state index contributed by atoms with van der Waals surface area (Å²) < 4.78 is 16.6. The number of esters is 3. The van der Waals surface area contributed by atoms with Gasteiger partial charge in [0.05, 0.1) is 0 Å². The van der Waals surface area contributed by atoms with Crippen molar-refractivity contribution in [2.45, 2.75) is 187 Å². The molecule has 6 nitrogen and oxygen atoms in total. The minimum Gasteiger partial charge on any atom is -0.462 e. The Morgan fingerprint density at radius 2 is 0.656 bits per heavy atom. The van der Waals surface area contributed by atoms with E-state index in [1.807, 2.05) is 12.2 Å². The van der Waals surface area contributed by atoms with E-state index in [1.54, 1.807) is 0 Å². The highest BCUT2D eigenvalue weighted by atomic mass is 16.6. The van der Waals surface area contributed by atoms with Crippen molar-refractivity contribution in [1.82, 2.24) is 0 Å². The van der Waals surface area contributed by atoms with Crippen LogP contribution in [-0.2, 0) is 28.6 Å². The maximum absolute atomic E-state index is 12.8. The first-order valence-electron chi connectivity index (χ1n) is 24.8. The van der Waals surface area contributed by atoms with Gasteiger partial charge in [-0.2, -0.15) is 0 Å². The Morgan fingerprint density at radius 1 is 0.328 bits per heavy atom. The first-order valence-corrected chi connectivity index (χ1v) is 24.8. The first-order chi connectivity index (χ1) is 31.5. The summed E-state index contributed by atoms with van der Waals surface area (Å²) >= 11 is 0. The van der Waals surface area contributed by atoms with Crippen molar-refractivity contribution >= 4 is 17.9 Å². The normalized spacial score (nSPS) is 13.4. The predicted octanol–water partition coefficient (Wildman–Crippen LogP) is 16.5. The Hall–Kier alpha value is -4.71. The fourth-order valence-electron chi connectivity index (χ4n) is 5.91. The molecule has 0 aliphatic carbocycles. The lowest BCUT2D eigenvalue weighted by Gasteiger charge is -2.18. The van der Waals surface area contributed by atoms with Gasteiger partial charge in [0.15, 0.2) is 6.10 Å². The van der Waals surface area contributed by atoms with Gasteiger partial charge in [0.1, 0.15) is 13.2 Å². The van der Waals surface area contributed by atoms with Gasteiger partial charge in [-0.1, -0.05) is 192 Å². The first kappa shape index (κ1) is 59.3. The zero-order valence-electron chi connectivity index (χ0n) is 40.5. The van der Waals surface area contributed by atoms with Gasteiger partial charge < -0.3 is 14.2 Å². The number of carbonyl (C=O) groups is 3. The van der Waals surface area contributed by atoms with Gasteiger partial charge in [-0.15, -0.1) is 0 Å². The van der Waals surface area contributed by atoms with Crippen LogP contribution < -0.4 is 0 Å². The maximum atomic E-state index is 12.8. The van der Waals surface area contributed by atoms with Crippen LogP contribution in [0.4, 0.5) is 0 Å². The van der Waals surface area contributed by atoms with Crippen LogP contribution in [0.5, 0.6) is 0 Å². The van der Waals surface area contributed by atoms with Crippen molar-refractivity contribution in [3.63, 3.8) is 0 Å². The van der Waals surface area contributed by atoms with Crippen LogP contribution in [0, 0.1) is 0 Å². The molecule has 0 N–H and O–H groups in total. The van der Waals surface area contributed by atoms with Crippen molar-refractivity contribution in [3.05, 3.63) is 146 Å². The third kappa shape index (κ3) is 48.3. The number of ether oxygens (including phenoxy) is 3. The van der Waals surface area contributed by atoms with Gasteiger partial charge in [0.25, 0.3) is 0 Å². The molecule has 0 spiro atoms. The summed E-state index contributed by atoms with van der Waals surface area (Å²) in [5, 5.41) is 0. The van der Waals surface area contributed by atoms with Gasteiger partial charge in [-0.25, -0.2) is 0 Å². The van der Waals surface area contributed by atoms with E-state index in [4.69, 9.17) is 14.2 Å². The van der Waals surface area contributed by atoms with Crippen LogP contribution in [0.3, 0.4) is 0 Å². The van der Waals surface area contributed by atoms with E-state index in [0.29, 0.717) is 19.3 Å². The average Bonchev–Trinajstić information content (AvgIpc) is 3.29. The number of carbonyl (C=O) groups excluding carboxylic acids is 3. The largest absolute Gasteiger partial charge is 0.462 e. The highest BCUT2D eigenvalue weighted by molar-refractivity contribution is 5.71. The van der Waals surface area contributed by atoms with Crippen LogP contribution in [0.15, 0.2) is 146 Å². The molecule has 1 atom stereocenters. The van der Waals surface area contributed by atoms with Gasteiger partial charge in [-0.05, 0) is 116 Å². The van der Waals surface area contributed by atoms with Crippen molar-refractivity contribution in [2.24, 2.45) is 0 Å². The second-order valence-electron chi connectivity index (χ2n) is 15.6. The van der Waals surface area contributed by atoms with E-state index in [1.165, 1.54) is 12.8 Å². The quantitative estimate of drug-likeness (QED) is 0.0263. The standard InChI is InChI=1S/C58H88O6/c1-4-7-10-13-16-19-22-24-26-28-29-31-32-34-36-39-42-45-48-51-57(60)63-54-55(53-62-56(59)50-47-44-41-38-21-18-15-12-9-6-3)64-58(61)52-49-46-43-40-37-35-33-30-27-25-23-20-17-14-11-8-5-2/h7-8,10-12,15-17,19-20,24-27,29,31,33-36,40,42-43,45,55H,4-6,9,13-14,18,21-23,28,30,32,37-39,41,44,46-54H2,1-3H3/b10-7-,11-8-,15-12-,19-16-,20-17-,26-24-,27-25-,31-29-,35-33-,36-34-,43-40-,45-42-. The van der Waals surface area contributed by atoms with Gasteiger partial charge in [-0.3, -0.25) is 14.4 Å². The molecule has 0 aliphatic rings. The lowest BCUT2D eigenvalue weighted by Crippen LogP contribution is -2.30. The van der Waals surface area contributed by atoms with E-state index in [9.17, 15) is 14.4 Å². The molecule has 6 heteroatoms. The van der Waals surface area contributed by atoms with Crippen LogP contribution in [0.1, 0.15) is 181 Å².